The first-order valence-corrected chi connectivity index (χ1v) is 5.23. The first kappa shape index (κ1) is 13.1. The second kappa shape index (κ2) is 5.93. The summed E-state index contributed by atoms with van der Waals surface area (Å²) in [6.45, 7) is 2.22. The second-order valence-electron chi connectivity index (χ2n) is 3.79. The summed E-state index contributed by atoms with van der Waals surface area (Å²) in [6, 6.07) is 3.87. The predicted octanol–water partition coefficient (Wildman–Crippen LogP) is 1.13. The number of hydrogen-bond donors (Lipinski definition) is 0. The van der Waals surface area contributed by atoms with Gasteiger partial charge in [0.25, 0.3) is 6.54 Å². The van der Waals surface area contributed by atoms with Crippen LogP contribution in [0.1, 0.15) is 11.3 Å². The Morgan fingerprint density at radius 1 is 1.59 bits per heavy atom. The van der Waals surface area contributed by atoms with Gasteiger partial charge in [-0.3, -0.25) is 20.1 Å². The monoisotopic (exact) mass is 236 g/mol. The summed E-state index contributed by atoms with van der Waals surface area (Å²) in [5.74, 6) is 0.454. The lowest BCUT2D eigenvalue weighted by atomic mass is 10.2. The summed E-state index contributed by atoms with van der Waals surface area (Å²) in [7, 11) is 3.34. The van der Waals surface area contributed by atoms with Gasteiger partial charge >= 0.3 is 0 Å². The Hall–Kier alpha value is -1.98. The van der Waals surface area contributed by atoms with E-state index in [1.54, 1.807) is 25.2 Å². The van der Waals surface area contributed by atoms with Crippen LogP contribution >= 0.6 is 0 Å². The highest BCUT2D eigenvalue weighted by Gasteiger charge is 2.12. The van der Waals surface area contributed by atoms with Crippen LogP contribution in [0.25, 0.3) is 0 Å². The third-order valence-electron chi connectivity index (χ3n) is 2.36. The van der Waals surface area contributed by atoms with Gasteiger partial charge in [-0.2, -0.15) is 0 Å². The topological polar surface area (TPSA) is 71.6 Å². The van der Waals surface area contributed by atoms with Gasteiger partial charge in [-0.15, -0.1) is 0 Å². The van der Waals surface area contributed by atoms with Crippen LogP contribution in [0.2, 0.25) is 0 Å². The van der Waals surface area contributed by atoms with Crippen LogP contribution in [0.4, 0.5) is 0 Å². The number of hydrogen-bond acceptors (Lipinski definition) is 4. The zero-order valence-electron chi connectivity index (χ0n) is 10.3. The molecule has 0 saturated heterocycles. The van der Waals surface area contributed by atoms with E-state index < -0.39 is 0 Å². The number of rotatable bonds is 4. The molecule has 0 spiro atoms. The zero-order chi connectivity index (χ0) is 12.8. The molecule has 0 N–H and O–H groups in total. The fraction of sp³-hybridized carbons (Fsp3) is 0.455. The highest BCUT2D eigenvalue weighted by atomic mass is 16.6. The minimum atomic E-state index is -0.383. The van der Waals surface area contributed by atoms with Crippen LogP contribution in [-0.2, 0) is 6.54 Å². The molecule has 0 bridgehead atoms. The number of nitro groups is 1. The predicted molar refractivity (Wildman–Crippen MR) is 65.7 cm³/mol. The van der Waals surface area contributed by atoms with Crippen molar-refractivity contribution in [3.8, 4) is 0 Å². The van der Waals surface area contributed by atoms with E-state index in [4.69, 9.17) is 0 Å². The van der Waals surface area contributed by atoms with Gasteiger partial charge in [-0.1, -0.05) is 6.07 Å². The average molecular weight is 236 g/mol. The average Bonchev–Trinajstić information content (AvgIpc) is 2.28. The summed E-state index contributed by atoms with van der Waals surface area (Å²) >= 11 is 0. The van der Waals surface area contributed by atoms with Crippen molar-refractivity contribution in [1.82, 2.24) is 9.88 Å². The van der Waals surface area contributed by atoms with Crippen molar-refractivity contribution < 1.29 is 4.92 Å². The van der Waals surface area contributed by atoms with Gasteiger partial charge in [0, 0.05) is 37.5 Å². The van der Waals surface area contributed by atoms with Gasteiger partial charge in [0.2, 0.25) is 0 Å². The van der Waals surface area contributed by atoms with E-state index in [9.17, 15) is 10.1 Å². The lowest BCUT2D eigenvalue weighted by molar-refractivity contribution is -0.464. The smallest absolute Gasteiger partial charge is 0.260 e. The maximum absolute atomic E-state index is 10.5. The standard InChI is InChI=1S/C11H16N4O2/c1-9-4-5-10(6-13-9)7-14(3)11(12-2)8-15(16)17/h4-6H,7-8H2,1-3H3. The third-order valence-corrected chi connectivity index (χ3v) is 2.36. The molecule has 92 valence electrons. The Bertz CT molecular complexity index is 414. The van der Waals surface area contributed by atoms with Crippen molar-refractivity contribution in [2.75, 3.05) is 20.6 Å². The van der Waals surface area contributed by atoms with Crippen molar-refractivity contribution in [2.24, 2.45) is 4.99 Å². The largest absolute Gasteiger partial charge is 0.354 e. The van der Waals surface area contributed by atoms with Crippen LogP contribution < -0.4 is 0 Å². The van der Waals surface area contributed by atoms with Gasteiger partial charge in [0.1, 0.15) is 0 Å². The summed E-state index contributed by atoms with van der Waals surface area (Å²) in [6.07, 6.45) is 1.77. The maximum Gasteiger partial charge on any atom is 0.260 e. The Balaban J connectivity index is 2.67. The lowest BCUT2D eigenvalue weighted by Crippen LogP contribution is -2.32. The number of aryl methyl sites for hydroxylation is 1. The van der Waals surface area contributed by atoms with Crippen LogP contribution in [0.5, 0.6) is 0 Å². The molecule has 0 saturated carbocycles. The fourth-order valence-corrected chi connectivity index (χ4v) is 1.43. The van der Waals surface area contributed by atoms with E-state index in [0.717, 1.165) is 11.3 Å². The zero-order valence-corrected chi connectivity index (χ0v) is 10.3. The maximum atomic E-state index is 10.5. The Kier molecular flexibility index (Phi) is 4.56. The molecule has 0 aliphatic carbocycles. The molecule has 0 fully saturated rings. The first-order chi connectivity index (χ1) is 8.02. The normalized spacial score (nSPS) is 11.4. The Labute approximate surface area is 100 Å². The van der Waals surface area contributed by atoms with E-state index in [0.29, 0.717) is 12.4 Å². The summed E-state index contributed by atoms with van der Waals surface area (Å²) in [5.41, 5.74) is 1.95. The molecule has 0 radical (unpaired) electrons. The molecule has 1 rings (SSSR count). The fourth-order valence-electron chi connectivity index (χ4n) is 1.43. The molecule has 1 aromatic heterocycles. The van der Waals surface area contributed by atoms with Crippen LogP contribution in [0.3, 0.4) is 0 Å². The summed E-state index contributed by atoms with van der Waals surface area (Å²) in [4.78, 5) is 19.9. The Morgan fingerprint density at radius 3 is 2.76 bits per heavy atom. The number of aromatic nitrogens is 1. The highest BCUT2D eigenvalue weighted by molar-refractivity contribution is 5.82. The molecular weight excluding hydrogens is 220 g/mol. The number of pyridine rings is 1. The molecule has 6 nitrogen and oxygen atoms in total. The number of likely N-dealkylation sites (N-methyl/N-ethyl adjacent to an activating group) is 1. The van der Waals surface area contributed by atoms with E-state index in [-0.39, 0.29) is 11.5 Å². The highest BCUT2D eigenvalue weighted by Crippen LogP contribution is 2.03. The minimum Gasteiger partial charge on any atom is -0.354 e. The Morgan fingerprint density at radius 2 is 2.29 bits per heavy atom. The van der Waals surface area contributed by atoms with E-state index in [2.05, 4.69) is 9.98 Å². The van der Waals surface area contributed by atoms with Gasteiger partial charge < -0.3 is 4.90 Å². The molecule has 1 heterocycles. The number of nitrogens with zero attached hydrogens (tertiary/aromatic N) is 4. The molecule has 17 heavy (non-hydrogen) atoms. The van der Waals surface area contributed by atoms with Crippen molar-refractivity contribution in [1.29, 1.82) is 0 Å². The molecule has 0 aromatic carbocycles. The number of amidine groups is 1. The number of aliphatic imine (C=N–C) groups is 1. The SMILES string of the molecule is CN=C(C[N+](=O)[O-])N(C)Cc1ccc(C)nc1. The van der Waals surface area contributed by atoms with Crippen LogP contribution in [0, 0.1) is 17.0 Å². The van der Waals surface area contributed by atoms with Gasteiger partial charge in [0.05, 0.1) is 0 Å². The van der Waals surface area contributed by atoms with Gasteiger partial charge in [0.15, 0.2) is 5.84 Å². The molecule has 0 amide bonds. The van der Waals surface area contributed by atoms with Gasteiger partial charge in [-0.25, -0.2) is 0 Å². The third kappa shape index (κ3) is 4.18. The van der Waals surface area contributed by atoms with E-state index in [1.807, 2.05) is 19.1 Å². The molecule has 0 unspecified atom stereocenters. The lowest BCUT2D eigenvalue weighted by Gasteiger charge is -2.18. The molecule has 0 aliphatic heterocycles. The molecule has 0 aliphatic rings. The summed E-state index contributed by atoms with van der Waals surface area (Å²) < 4.78 is 0. The minimum absolute atomic E-state index is 0.258. The van der Waals surface area contributed by atoms with Crippen molar-refractivity contribution in [3.05, 3.63) is 39.7 Å². The van der Waals surface area contributed by atoms with Gasteiger partial charge in [-0.05, 0) is 18.6 Å². The molecule has 1 aromatic rings. The van der Waals surface area contributed by atoms with Crippen LogP contribution in [-0.4, -0.2) is 41.3 Å². The van der Waals surface area contributed by atoms with Crippen molar-refractivity contribution >= 4 is 5.84 Å². The van der Waals surface area contributed by atoms with Crippen LogP contribution in [0.15, 0.2) is 23.3 Å². The molecule has 0 atom stereocenters. The second-order valence-corrected chi connectivity index (χ2v) is 3.79. The quantitative estimate of drug-likeness (QED) is 0.340. The van der Waals surface area contributed by atoms with Crippen molar-refractivity contribution in [2.45, 2.75) is 13.5 Å². The summed E-state index contributed by atoms with van der Waals surface area (Å²) in [5, 5.41) is 10.5. The first-order valence-electron chi connectivity index (χ1n) is 5.23. The van der Waals surface area contributed by atoms with E-state index >= 15 is 0 Å². The molecular formula is C11H16N4O2. The molecule has 6 heteroatoms. The van der Waals surface area contributed by atoms with Crippen molar-refractivity contribution in [3.63, 3.8) is 0 Å². The van der Waals surface area contributed by atoms with E-state index in [1.165, 1.54) is 0 Å².